The first-order valence-corrected chi connectivity index (χ1v) is 9.80. The van der Waals surface area contributed by atoms with Gasteiger partial charge in [-0.3, -0.25) is 0 Å². The van der Waals surface area contributed by atoms with Crippen LogP contribution in [0.1, 0.15) is 43.8 Å². The number of unbranched alkanes of at least 4 members (excludes halogenated alkanes) is 1. The molecule has 2 heterocycles. The first-order valence-electron chi connectivity index (χ1n) is 9.80. The summed E-state index contributed by atoms with van der Waals surface area (Å²) in [7, 11) is 0. The molecule has 2 aliphatic rings. The van der Waals surface area contributed by atoms with Crippen molar-refractivity contribution in [1.82, 2.24) is 0 Å². The van der Waals surface area contributed by atoms with Crippen LogP contribution in [0.3, 0.4) is 0 Å². The molecular formula is C22H28N2O2. The van der Waals surface area contributed by atoms with E-state index in [9.17, 15) is 0 Å². The molecule has 4 nitrogen and oxygen atoms in total. The van der Waals surface area contributed by atoms with Crippen molar-refractivity contribution >= 4 is 17.1 Å². The average molecular weight is 352 g/mol. The predicted molar refractivity (Wildman–Crippen MR) is 106 cm³/mol. The van der Waals surface area contributed by atoms with Gasteiger partial charge in [-0.1, -0.05) is 18.2 Å². The van der Waals surface area contributed by atoms with Crippen LogP contribution in [0.25, 0.3) is 0 Å². The van der Waals surface area contributed by atoms with E-state index in [4.69, 9.17) is 9.84 Å². The quantitative estimate of drug-likeness (QED) is 0.650. The molecule has 0 aliphatic carbocycles. The summed E-state index contributed by atoms with van der Waals surface area (Å²) >= 11 is 0. The highest BCUT2D eigenvalue weighted by atomic mass is 16.5. The fraction of sp³-hybridized carbons (Fsp3) is 0.455. The van der Waals surface area contributed by atoms with Crippen LogP contribution in [0.2, 0.25) is 0 Å². The van der Waals surface area contributed by atoms with Crippen molar-refractivity contribution in [2.24, 2.45) is 5.92 Å². The van der Waals surface area contributed by atoms with Gasteiger partial charge in [0, 0.05) is 47.8 Å². The van der Waals surface area contributed by atoms with E-state index in [1.165, 1.54) is 17.7 Å². The summed E-state index contributed by atoms with van der Waals surface area (Å²) in [5, 5.41) is 16.3. The van der Waals surface area contributed by atoms with E-state index < -0.39 is 0 Å². The van der Waals surface area contributed by atoms with E-state index in [1.54, 1.807) is 0 Å². The lowest BCUT2D eigenvalue weighted by atomic mass is 9.78. The molecule has 138 valence electrons. The van der Waals surface area contributed by atoms with Gasteiger partial charge in [-0.15, -0.1) is 0 Å². The Morgan fingerprint density at radius 3 is 2.81 bits per heavy atom. The highest BCUT2D eigenvalue weighted by Gasteiger charge is 2.38. The van der Waals surface area contributed by atoms with Gasteiger partial charge in [-0.25, -0.2) is 0 Å². The molecule has 3 N–H and O–H groups in total. The molecule has 0 aromatic heterocycles. The molecule has 0 saturated carbocycles. The number of anilines is 3. The molecule has 0 bridgehead atoms. The Hall–Kier alpha value is -2.04. The number of rotatable bonds is 6. The molecule has 2 aliphatic heterocycles. The minimum absolute atomic E-state index is 0.177. The number of nitrogens with one attached hydrogen (secondary N) is 2. The largest absolute Gasteiger partial charge is 0.396 e. The van der Waals surface area contributed by atoms with Crippen molar-refractivity contribution in [3.63, 3.8) is 0 Å². The lowest BCUT2D eigenvalue weighted by Crippen LogP contribution is -2.41. The van der Waals surface area contributed by atoms with Crippen LogP contribution in [0.4, 0.5) is 17.1 Å². The molecular weight excluding hydrogens is 324 g/mol. The van der Waals surface area contributed by atoms with Gasteiger partial charge in [-0.2, -0.15) is 0 Å². The zero-order valence-electron chi connectivity index (χ0n) is 15.2. The summed E-state index contributed by atoms with van der Waals surface area (Å²) in [6.07, 6.45) is 5.54. The zero-order chi connectivity index (χ0) is 17.8. The lowest BCUT2D eigenvalue weighted by Gasteiger charge is -2.43. The van der Waals surface area contributed by atoms with Crippen LogP contribution < -0.4 is 10.6 Å². The van der Waals surface area contributed by atoms with Crippen molar-refractivity contribution in [2.45, 2.75) is 44.2 Å². The normalized spacial score (nSPS) is 24.3. The Morgan fingerprint density at radius 2 is 1.96 bits per heavy atom. The summed E-state index contributed by atoms with van der Waals surface area (Å²) in [4.78, 5) is 0. The van der Waals surface area contributed by atoms with Crippen molar-refractivity contribution in [3.05, 3.63) is 54.1 Å². The predicted octanol–water partition coefficient (Wildman–Crippen LogP) is 4.85. The molecule has 2 aromatic rings. The number of hydrogen-bond acceptors (Lipinski definition) is 4. The van der Waals surface area contributed by atoms with Gasteiger partial charge in [0.05, 0.1) is 6.10 Å². The highest BCUT2D eigenvalue weighted by Crippen LogP contribution is 2.45. The Labute approximate surface area is 155 Å². The number of aliphatic hydroxyl groups excluding tert-OH is 1. The second-order valence-electron chi connectivity index (χ2n) is 7.36. The Morgan fingerprint density at radius 1 is 1.08 bits per heavy atom. The van der Waals surface area contributed by atoms with Crippen molar-refractivity contribution in [2.75, 3.05) is 23.8 Å². The van der Waals surface area contributed by atoms with Crippen LogP contribution in [-0.4, -0.2) is 24.4 Å². The molecule has 0 amide bonds. The van der Waals surface area contributed by atoms with E-state index in [-0.39, 0.29) is 12.7 Å². The van der Waals surface area contributed by atoms with Gasteiger partial charge in [0.25, 0.3) is 0 Å². The molecule has 0 spiro atoms. The van der Waals surface area contributed by atoms with E-state index >= 15 is 0 Å². The fourth-order valence-corrected chi connectivity index (χ4v) is 4.30. The fourth-order valence-electron chi connectivity index (χ4n) is 4.30. The summed E-state index contributed by atoms with van der Waals surface area (Å²) in [6.45, 7) is 1.13. The van der Waals surface area contributed by atoms with Crippen LogP contribution >= 0.6 is 0 Å². The van der Waals surface area contributed by atoms with Crippen molar-refractivity contribution < 1.29 is 9.84 Å². The van der Waals surface area contributed by atoms with Gasteiger partial charge in [0.1, 0.15) is 0 Å². The van der Waals surface area contributed by atoms with Crippen molar-refractivity contribution in [3.8, 4) is 0 Å². The zero-order valence-corrected chi connectivity index (χ0v) is 15.2. The standard InChI is InChI=1S/C22H28N2O2/c25-13-5-4-10-20-18-9-6-14-26-22(18)19-15-17(11-12-21(19)24-20)23-16-7-2-1-3-8-16/h1-3,7-8,11-12,15,18,20,22-25H,4-6,9-10,13-14H2/t18-,20+,22-/m0/s1. The smallest absolute Gasteiger partial charge is 0.0893 e. The van der Waals surface area contributed by atoms with Gasteiger partial charge in [-0.05, 0) is 62.4 Å². The number of aliphatic hydroxyl groups is 1. The lowest BCUT2D eigenvalue weighted by molar-refractivity contribution is -0.0387. The number of para-hydroxylation sites is 1. The maximum absolute atomic E-state index is 9.09. The number of hydrogen-bond donors (Lipinski definition) is 3. The molecule has 4 rings (SSSR count). The van der Waals surface area contributed by atoms with Gasteiger partial charge < -0.3 is 20.5 Å². The Bertz CT molecular complexity index is 719. The monoisotopic (exact) mass is 352 g/mol. The van der Waals surface area contributed by atoms with Gasteiger partial charge >= 0.3 is 0 Å². The van der Waals surface area contributed by atoms with E-state index in [0.717, 1.165) is 43.7 Å². The second kappa shape index (κ2) is 8.11. The third kappa shape index (κ3) is 3.71. The summed E-state index contributed by atoms with van der Waals surface area (Å²) < 4.78 is 6.23. The molecule has 26 heavy (non-hydrogen) atoms. The first-order chi connectivity index (χ1) is 12.8. The Kier molecular flexibility index (Phi) is 5.42. The maximum atomic E-state index is 9.09. The van der Waals surface area contributed by atoms with E-state index in [2.05, 4.69) is 41.0 Å². The highest BCUT2D eigenvalue weighted by molar-refractivity contribution is 5.67. The van der Waals surface area contributed by atoms with Gasteiger partial charge in [0.2, 0.25) is 0 Å². The minimum atomic E-state index is 0.177. The summed E-state index contributed by atoms with van der Waals surface area (Å²) in [5.74, 6) is 0.516. The number of benzene rings is 2. The van der Waals surface area contributed by atoms with Crippen LogP contribution in [0, 0.1) is 5.92 Å². The van der Waals surface area contributed by atoms with Crippen LogP contribution in [0.5, 0.6) is 0 Å². The van der Waals surface area contributed by atoms with E-state index in [0.29, 0.717) is 12.0 Å². The maximum Gasteiger partial charge on any atom is 0.0893 e. The number of fused-ring (bicyclic) bond motifs is 3. The molecule has 1 fully saturated rings. The third-order valence-electron chi connectivity index (χ3n) is 5.57. The molecule has 1 saturated heterocycles. The summed E-state index contributed by atoms with van der Waals surface area (Å²) in [6, 6.07) is 17.2. The number of ether oxygens (including phenoxy) is 1. The molecule has 4 heteroatoms. The summed E-state index contributed by atoms with van der Waals surface area (Å²) in [5.41, 5.74) is 4.66. The average Bonchev–Trinajstić information content (AvgIpc) is 2.69. The Balaban J connectivity index is 1.56. The molecule has 2 aromatic carbocycles. The first kappa shape index (κ1) is 17.4. The van der Waals surface area contributed by atoms with Crippen LogP contribution in [0.15, 0.2) is 48.5 Å². The molecule has 0 radical (unpaired) electrons. The topological polar surface area (TPSA) is 53.5 Å². The van der Waals surface area contributed by atoms with Crippen LogP contribution in [-0.2, 0) is 4.74 Å². The van der Waals surface area contributed by atoms with Crippen molar-refractivity contribution in [1.29, 1.82) is 0 Å². The SMILES string of the molecule is OCCCC[C@H]1Nc2ccc(Nc3ccccc3)cc2[C@H]2OCCC[C@H]21. The molecule has 0 unspecified atom stereocenters. The third-order valence-corrected chi connectivity index (χ3v) is 5.57. The van der Waals surface area contributed by atoms with E-state index in [1.807, 2.05) is 18.2 Å². The second-order valence-corrected chi connectivity index (χ2v) is 7.36. The minimum Gasteiger partial charge on any atom is -0.396 e. The molecule has 3 atom stereocenters. The van der Waals surface area contributed by atoms with Gasteiger partial charge in [0.15, 0.2) is 0 Å².